The fourth-order valence-corrected chi connectivity index (χ4v) is 1.52. The van der Waals surface area contributed by atoms with Gasteiger partial charge < -0.3 is 20.3 Å². The van der Waals surface area contributed by atoms with Crippen LogP contribution in [-0.2, 0) is 14.3 Å². The monoisotopic (exact) mass is 263 g/mol. The van der Waals surface area contributed by atoms with E-state index in [0.717, 1.165) is 19.4 Å². The molecule has 0 aromatic rings. The quantitative estimate of drug-likeness (QED) is 0.720. The van der Waals surface area contributed by atoms with Crippen molar-refractivity contribution >= 4 is 5.97 Å². The summed E-state index contributed by atoms with van der Waals surface area (Å²) in [6.07, 6.45) is 2.03. The van der Waals surface area contributed by atoms with Crippen molar-refractivity contribution in [2.45, 2.75) is 52.2 Å². The molecule has 0 aromatic heterocycles. The van der Waals surface area contributed by atoms with Crippen LogP contribution in [-0.4, -0.2) is 43.9 Å². The molecule has 2 atom stereocenters. The van der Waals surface area contributed by atoms with Gasteiger partial charge in [0, 0.05) is 13.2 Å². The van der Waals surface area contributed by atoms with Gasteiger partial charge in [0.1, 0.15) is 0 Å². The van der Waals surface area contributed by atoms with Crippen molar-refractivity contribution in [2.75, 3.05) is 20.8 Å². The molecule has 1 fully saturated rings. The summed E-state index contributed by atoms with van der Waals surface area (Å²) in [7, 11) is 3.16. The van der Waals surface area contributed by atoms with Gasteiger partial charge in [-0.25, -0.2) is 0 Å². The number of piperidine rings is 1. The SMILES string of the molecule is COC(=O)C1CCCNC1C.COC(C)(C)C.O. The maximum Gasteiger partial charge on any atom is 0.310 e. The van der Waals surface area contributed by atoms with E-state index in [1.54, 1.807) is 7.11 Å². The topological polar surface area (TPSA) is 79.1 Å². The Labute approximate surface area is 111 Å². The van der Waals surface area contributed by atoms with Gasteiger partial charge >= 0.3 is 5.97 Å². The Balaban J connectivity index is 0. The van der Waals surface area contributed by atoms with Crippen LogP contribution in [0.15, 0.2) is 0 Å². The van der Waals surface area contributed by atoms with Crippen molar-refractivity contribution in [3.05, 3.63) is 0 Å². The first-order valence-electron chi connectivity index (χ1n) is 6.18. The Morgan fingerprint density at radius 3 is 2.11 bits per heavy atom. The van der Waals surface area contributed by atoms with Gasteiger partial charge in [-0.15, -0.1) is 0 Å². The minimum absolute atomic E-state index is 0. The van der Waals surface area contributed by atoms with Crippen LogP contribution in [0.1, 0.15) is 40.5 Å². The number of nitrogens with one attached hydrogen (secondary N) is 1. The molecule has 0 radical (unpaired) electrons. The maximum atomic E-state index is 11.1. The van der Waals surface area contributed by atoms with Gasteiger partial charge in [0.05, 0.1) is 18.6 Å². The van der Waals surface area contributed by atoms with Crippen molar-refractivity contribution < 1.29 is 19.7 Å². The fraction of sp³-hybridized carbons (Fsp3) is 0.923. The van der Waals surface area contributed by atoms with Crippen molar-refractivity contribution in [3.8, 4) is 0 Å². The molecule has 1 heterocycles. The Morgan fingerprint density at radius 2 is 1.78 bits per heavy atom. The maximum absolute atomic E-state index is 11.1. The fourth-order valence-electron chi connectivity index (χ4n) is 1.52. The summed E-state index contributed by atoms with van der Waals surface area (Å²) in [5.74, 6) is -0.0153. The molecule has 3 N–H and O–H groups in total. The van der Waals surface area contributed by atoms with E-state index in [9.17, 15) is 4.79 Å². The molecule has 0 amide bonds. The molecule has 0 aromatic carbocycles. The average Bonchev–Trinajstić information content (AvgIpc) is 2.28. The Bertz CT molecular complexity index is 226. The third-order valence-electron chi connectivity index (χ3n) is 2.88. The number of carbonyl (C=O) groups excluding carboxylic acids is 1. The highest BCUT2D eigenvalue weighted by Crippen LogP contribution is 2.17. The third-order valence-corrected chi connectivity index (χ3v) is 2.88. The smallest absolute Gasteiger partial charge is 0.310 e. The number of hydrogen-bond donors (Lipinski definition) is 1. The molecule has 0 aliphatic carbocycles. The minimum Gasteiger partial charge on any atom is -0.469 e. The van der Waals surface area contributed by atoms with E-state index in [-0.39, 0.29) is 29.0 Å². The van der Waals surface area contributed by atoms with Crippen molar-refractivity contribution in [2.24, 2.45) is 5.92 Å². The second kappa shape index (κ2) is 9.30. The number of rotatable bonds is 1. The summed E-state index contributed by atoms with van der Waals surface area (Å²) in [6, 6.07) is 0.274. The molecule has 110 valence electrons. The largest absolute Gasteiger partial charge is 0.469 e. The number of ether oxygens (including phenoxy) is 2. The Hall–Kier alpha value is -0.650. The zero-order valence-corrected chi connectivity index (χ0v) is 12.5. The molecule has 0 spiro atoms. The van der Waals surface area contributed by atoms with Gasteiger partial charge in [-0.2, -0.15) is 0 Å². The highest BCUT2D eigenvalue weighted by atomic mass is 16.5. The predicted molar refractivity (Wildman–Crippen MR) is 72.6 cm³/mol. The summed E-state index contributed by atoms with van der Waals surface area (Å²) in [5.41, 5.74) is 0.0417. The summed E-state index contributed by atoms with van der Waals surface area (Å²) in [5, 5.41) is 3.25. The second-order valence-corrected chi connectivity index (χ2v) is 5.33. The third kappa shape index (κ3) is 8.44. The molecule has 0 saturated carbocycles. The average molecular weight is 263 g/mol. The van der Waals surface area contributed by atoms with E-state index >= 15 is 0 Å². The Kier molecular flexibility index (Phi) is 10.2. The summed E-state index contributed by atoms with van der Waals surface area (Å²) in [6.45, 7) is 9.11. The van der Waals surface area contributed by atoms with Crippen molar-refractivity contribution in [3.63, 3.8) is 0 Å². The molecular formula is C13H29NO4. The van der Waals surface area contributed by atoms with Crippen LogP contribution in [0.3, 0.4) is 0 Å². The predicted octanol–water partition coefficient (Wildman–Crippen LogP) is 1.15. The van der Waals surface area contributed by atoms with E-state index in [0.29, 0.717) is 0 Å². The van der Waals surface area contributed by atoms with E-state index in [4.69, 9.17) is 4.74 Å². The molecule has 5 heteroatoms. The molecule has 2 unspecified atom stereocenters. The number of esters is 1. The van der Waals surface area contributed by atoms with E-state index in [2.05, 4.69) is 10.1 Å². The summed E-state index contributed by atoms with van der Waals surface area (Å²) >= 11 is 0. The van der Waals surface area contributed by atoms with Crippen LogP contribution in [0.5, 0.6) is 0 Å². The lowest BCUT2D eigenvalue weighted by Crippen LogP contribution is -2.43. The molecule has 1 rings (SSSR count). The van der Waals surface area contributed by atoms with E-state index in [1.807, 2.05) is 27.7 Å². The van der Waals surface area contributed by atoms with Crippen LogP contribution in [0, 0.1) is 5.92 Å². The first kappa shape index (κ1) is 19.7. The van der Waals surface area contributed by atoms with Crippen LogP contribution >= 0.6 is 0 Å². The van der Waals surface area contributed by atoms with Crippen LogP contribution in [0.4, 0.5) is 0 Å². The number of hydrogen-bond acceptors (Lipinski definition) is 4. The normalized spacial score (nSPS) is 23.2. The van der Waals surface area contributed by atoms with Gasteiger partial charge in [0.2, 0.25) is 0 Å². The van der Waals surface area contributed by atoms with Gasteiger partial charge in [0.25, 0.3) is 0 Å². The van der Waals surface area contributed by atoms with Crippen molar-refractivity contribution in [1.82, 2.24) is 5.32 Å². The van der Waals surface area contributed by atoms with Gasteiger partial charge in [-0.3, -0.25) is 4.79 Å². The number of methoxy groups -OCH3 is 2. The zero-order chi connectivity index (χ0) is 13.5. The van der Waals surface area contributed by atoms with Crippen LogP contribution in [0.2, 0.25) is 0 Å². The zero-order valence-electron chi connectivity index (χ0n) is 12.5. The number of carbonyl (C=O) groups is 1. The standard InChI is InChI=1S/C8H15NO2.C5H12O.H2O/c1-6-7(8(10)11-2)4-3-5-9-6;1-5(2,3)6-4;/h6-7,9H,3-5H2,1-2H3;1-4H3;1H2. The van der Waals surface area contributed by atoms with Gasteiger partial charge in [0.15, 0.2) is 0 Å². The lowest BCUT2D eigenvalue weighted by atomic mass is 9.92. The highest BCUT2D eigenvalue weighted by Gasteiger charge is 2.27. The molecule has 0 bridgehead atoms. The molecular weight excluding hydrogens is 234 g/mol. The molecule has 18 heavy (non-hydrogen) atoms. The molecule has 1 aliphatic rings. The van der Waals surface area contributed by atoms with Crippen LogP contribution in [0.25, 0.3) is 0 Å². The molecule has 1 aliphatic heterocycles. The molecule has 1 saturated heterocycles. The lowest BCUT2D eigenvalue weighted by Gasteiger charge is -2.27. The van der Waals surface area contributed by atoms with Crippen molar-refractivity contribution in [1.29, 1.82) is 0 Å². The second-order valence-electron chi connectivity index (χ2n) is 5.33. The summed E-state index contributed by atoms with van der Waals surface area (Å²) < 4.78 is 9.62. The Morgan fingerprint density at radius 1 is 1.28 bits per heavy atom. The van der Waals surface area contributed by atoms with E-state index in [1.165, 1.54) is 7.11 Å². The van der Waals surface area contributed by atoms with Gasteiger partial charge in [-0.05, 0) is 47.1 Å². The van der Waals surface area contributed by atoms with Crippen LogP contribution < -0.4 is 5.32 Å². The van der Waals surface area contributed by atoms with Gasteiger partial charge in [-0.1, -0.05) is 0 Å². The first-order valence-corrected chi connectivity index (χ1v) is 6.18. The minimum atomic E-state index is -0.0790. The molecule has 5 nitrogen and oxygen atoms in total. The van der Waals surface area contributed by atoms with E-state index < -0.39 is 0 Å². The summed E-state index contributed by atoms with van der Waals surface area (Å²) in [4.78, 5) is 11.1. The highest BCUT2D eigenvalue weighted by molar-refractivity contribution is 5.73. The first-order chi connectivity index (χ1) is 7.81. The lowest BCUT2D eigenvalue weighted by molar-refractivity contribution is -0.147.